The second kappa shape index (κ2) is 9.55. The molecular formula is C21H19Cl2N3O3S. The zero-order chi connectivity index (χ0) is 21.8. The fourth-order valence-corrected chi connectivity index (χ4v) is 4.72. The van der Waals surface area contributed by atoms with Gasteiger partial charge >= 0.3 is 0 Å². The van der Waals surface area contributed by atoms with Crippen molar-refractivity contribution < 1.29 is 9.72 Å². The van der Waals surface area contributed by atoms with Crippen LogP contribution in [0, 0.1) is 10.1 Å². The molecule has 0 spiro atoms. The lowest BCUT2D eigenvalue weighted by Gasteiger charge is -2.09. The molecule has 3 aromatic rings. The van der Waals surface area contributed by atoms with Crippen molar-refractivity contribution >= 4 is 46.1 Å². The van der Waals surface area contributed by atoms with Crippen LogP contribution in [0.1, 0.15) is 35.5 Å². The van der Waals surface area contributed by atoms with Crippen LogP contribution in [0.5, 0.6) is 0 Å². The number of nitro groups is 1. The normalized spacial score (nSPS) is 11.7. The molecule has 30 heavy (non-hydrogen) atoms. The number of nitro benzene ring substituents is 1. The Bertz CT molecular complexity index is 1170. The van der Waals surface area contributed by atoms with Crippen molar-refractivity contribution in [1.29, 1.82) is 0 Å². The lowest BCUT2D eigenvalue weighted by molar-refractivity contribution is -0.384. The van der Waals surface area contributed by atoms with E-state index in [2.05, 4.69) is 11.9 Å². The number of aryl methyl sites for hydroxylation is 1. The molecule has 0 aliphatic carbocycles. The summed E-state index contributed by atoms with van der Waals surface area (Å²) in [5.74, 6) is -0.552. The van der Waals surface area contributed by atoms with Gasteiger partial charge in [-0.15, -0.1) is 11.3 Å². The van der Waals surface area contributed by atoms with E-state index in [9.17, 15) is 14.9 Å². The van der Waals surface area contributed by atoms with Gasteiger partial charge in [0.1, 0.15) is 5.02 Å². The predicted molar refractivity (Wildman–Crippen MR) is 120 cm³/mol. The molecule has 6 nitrogen and oxygen atoms in total. The van der Waals surface area contributed by atoms with Crippen LogP contribution >= 0.6 is 34.5 Å². The number of hydrogen-bond acceptors (Lipinski definition) is 4. The van der Waals surface area contributed by atoms with Gasteiger partial charge in [-0.1, -0.05) is 48.7 Å². The quantitative estimate of drug-likeness (QED) is 0.325. The van der Waals surface area contributed by atoms with Gasteiger partial charge in [0.05, 0.1) is 10.6 Å². The van der Waals surface area contributed by atoms with Crippen LogP contribution in [0.3, 0.4) is 0 Å². The summed E-state index contributed by atoms with van der Waals surface area (Å²) in [4.78, 5) is 29.2. The maximum Gasteiger partial charge on any atom is 0.288 e. The van der Waals surface area contributed by atoms with E-state index < -0.39 is 10.8 Å². The molecule has 2 aromatic carbocycles. The molecule has 1 heterocycles. The van der Waals surface area contributed by atoms with E-state index in [0.717, 1.165) is 35.0 Å². The summed E-state index contributed by atoms with van der Waals surface area (Å²) in [6, 6.07) is 11.5. The Kier molecular flexibility index (Phi) is 7.07. The number of aromatic nitrogens is 1. The van der Waals surface area contributed by atoms with Crippen molar-refractivity contribution in [2.24, 2.45) is 4.99 Å². The highest BCUT2D eigenvalue weighted by Gasteiger charge is 2.18. The van der Waals surface area contributed by atoms with Gasteiger partial charge in [0.2, 0.25) is 0 Å². The maximum absolute atomic E-state index is 12.8. The molecule has 9 heteroatoms. The van der Waals surface area contributed by atoms with E-state index in [-0.39, 0.29) is 16.3 Å². The van der Waals surface area contributed by atoms with E-state index in [1.807, 2.05) is 35.8 Å². The molecule has 0 saturated carbocycles. The number of halogens is 2. The number of nitrogens with zero attached hydrogens (tertiary/aromatic N) is 3. The number of rotatable bonds is 6. The van der Waals surface area contributed by atoms with Crippen molar-refractivity contribution in [3.8, 4) is 11.3 Å². The Labute approximate surface area is 187 Å². The molecule has 0 saturated heterocycles. The number of hydrogen-bond donors (Lipinski definition) is 0. The summed E-state index contributed by atoms with van der Waals surface area (Å²) in [6.45, 7) is 4.69. The van der Waals surface area contributed by atoms with E-state index in [1.165, 1.54) is 23.5 Å². The summed E-state index contributed by atoms with van der Waals surface area (Å²) < 4.78 is 1.99. The monoisotopic (exact) mass is 463 g/mol. The third kappa shape index (κ3) is 4.64. The summed E-state index contributed by atoms with van der Waals surface area (Å²) in [6.07, 6.45) is 1.79. The Morgan fingerprint density at radius 1 is 1.17 bits per heavy atom. The first-order valence-electron chi connectivity index (χ1n) is 9.37. The SMILES string of the molecule is CCCc1sc(=NC(=O)c2ccc(Cl)c([N+](=O)[O-])c2)n(CC)c1-c1ccc(Cl)cc1. The van der Waals surface area contributed by atoms with Crippen molar-refractivity contribution in [2.75, 3.05) is 0 Å². The van der Waals surface area contributed by atoms with Crippen molar-refractivity contribution in [3.05, 3.63) is 77.9 Å². The largest absolute Gasteiger partial charge is 0.316 e. The molecule has 0 unspecified atom stereocenters. The number of thiazole rings is 1. The number of amides is 1. The van der Waals surface area contributed by atoms with Crippen molar-refractivity contribution in [3.63, 3.8) is 0 Å². The van der Waals surface area contributed by atoms with Crippen LogP contribution < -0.4 is 4.80 Å². The van der Waals surface area contributed by atoms with Crippen LogP contribution in [0.4, 0.5) is 5.69 Å². The van der Waals surface area contributed by atoms with Gasteiger partial charge in [-0.05, 0) is 43.2 Å². The van der Waals surface area contributed by atoms with Crippen LogP contribution in [0.25, 0.3) is 11.3 Å². The molecule has 156 valence electrons. The van der Waals surface area contributed by atoms with E-state index in [1.54, 1.807) is 0 Å². The fourth-order valence-electron chi connectivity index (χ4n) is 3.09. The molecule has 0 aliphatic rings. The molecule has 3 rings (SSSR count). The second-order valence-electron chi connectivity index (χ2n) is 6.50. The molecule has 0 atom stereocenters. The second-order valence-corrected chi connectivity index (χ2v) is 8.40. The molecule has 0 bridgehead atoms. The highest BCUT2D eigenvalue weighted by molar-refractivity contribution is 7.09. The Morgan fingerprint density at radius 2 is 1.87 bits per heavy atom. The first-order chi connectivity index (χ1) is 14.3. The van der Waals surface area contributed by atoms with E-state index >= 15 is 0 Å². The van der Waals surface area contributed by atoms with Crippen LogP contribution in [0.2, 0.25) is 10.0 Å². The standard InChI is InChI=1S/C21H19Cl2N3O3S/c1-3-5-18-19(13-6-9-15(22)10-7-13)25(4-2)21(30-18)24-20(27)14-8-11-16(23)17(12-14)26(28)29/h6-12H,3-5H2,1-2H3. The van der Waals surface area contributed by atoms with Gasteiger partial charge in [-0.25, -0.2) is 0 Å². The van der Waals surface area contributed by atoms with Gasteiger partial charge in [0.15, 0.2) is 4.80 Å². The summed E-state index contributed by atoms with van der Waals surface area (Å²) in [7, 11) is 0. The minimum absolute atomic E-state index is 0.0217. The average Bonchev–Trinajstić information content (AvgIpc) is 3.05. The zero-order valence-corrected chi connectivity index (χ0v) is 18.7. The summed E-state index contributed by atoms with van der Waals surface area (Å²) >= 11 is 13.3. The molecule has 0 radical (unpaired) electrons. The lowest BCUT2D eigenvalue weighted by atomic mass is 10.1. The Morgan fingerprint density at radius 3 is 2.47 bits per heavy atom. The molecule has 0 aliphatic heterocycles. The first kappa shape index (κ1) is 22.2. The van der Waals surface area contributed by atoms with Gasteiger partial charge in [0.25, 0.3) is 11.6 Å². The Hall–Kier alpha value is -2.48. The molecular weight excluding hydrogens is 445 g/mol. The predicted octanol–water partition coefficient (Wildman–Crippen LogP) is 6.15. The molecule has 0 fully saturated rings. The number of benzene rings is 2. The van der Waals surface area contributed by atoms with E-state index in [0.29, 0.717) is 16.4 Å². The average molecular weight is 464 g/mol. The number of carbonyl (C=O) groups excluding carboxylic acids is 1. The third-order valence-electron chi connectivity index (χ3n) is 4.48. The van der Waals surface area contributed by atoms with Gasteiger partial charge in [0, 0.05) is 28.1 Å². The third-order valence-corrected chi connectivity index (χ3v) is 6.19. The smallest absolute Gasteiger partial charge is 0.288 e. The molecule has 0 N–H and O–H groups in total. The molecule has 1 aromatic heterocycles. The minimum atomic E-state index is -0.617. The van der Waals surface area contributed by atoms with Crippen molar-refractivity contribution in [1.82, 2.24) is 4.57 Å². The maximum atomic E-state index is 12.8. The fraction of sp³-hybridized carbons (Fsp3) is 0.238. The van der Waals surface area contributed by atoms with Gasteiger partial charge < -0.3 is 4.57 Å². The van der Waals surface area contributed by atoms with Crippen molar-refractivity contribution in [2.45, 2.75) is 33.2 Å². The minimum Gasteiger partial charge on any atom is -0.316 e. The van der Waals surface area contributed by atoms with Crippen LogP contribution in [-0.4, -0.2) is 15.4 Å². The molecule has 1 amide bonds. The highest BCUT2D eigenvalue weighted by Crippen LogP contribution is 2.29. The Balaban J connectivity index is 2.13. The zero-order valence-electron chi connectivity index (χ0n) is 16.4. The lowest BCUT2D eigenvalue weighted by Crippen LogP contribution is -2.17. The van der Waals surface area contributed by atoms with Crippen LogP contribution in [0.15, 0.2) is 47.5 Å². The summed E-state index contributed by atoms with van der Waals surface area (Å²) in [5, 5.41) is 11.8. The van der Waals surface area contributed by atoms with E-state index in [4.69, 9.17) is 23.2 Å². The summed E-state index contributed by atoms with van der Waals surface area (Å²) in [5.41, 5.74) is 1.81. The van der Waals surface area contributed by atoms with Gasteiger partial charge in [-0.2, -0.15) is 4.99 Å². The number of carbonyl (C=O) groups is 1. The highest BCUT2D eigenvalue weighted by atomic mass is 35.5. The first-order valence-corrected chi connectivity index (χ1v) is 10.9. The van der Waals surface area contributed by atoms with Gasteiger partial charge in [-0.3, -0.25) is 14.9 Å². The van der Waals surface area contributed by atoms with Crippen LogP contribution in [-0.2, 0) is 13.0 Å². The topological polar surface area (TPSA) is 77.5 Å².